The zero-order valence-corrected chi connectivity index (χ0v) is 11.0. The number of carbonyl (C=O) groups is 1. The molecule has 0 saturated heterocycles. The smallest absolute Gasteiger partial charge is 0.403 e. The van der Waals surface area contributed by atoms with Crippen LogP contribution < -0.4 is 15.6 Å². The highest BCUT2D eigenvalue weighted by Gasteiger charge is 2.12. The molecule has 2 heterocycles. The van der Waals surface area contributed by atoms with E-state index in [1.807, 2.05) is 6.07 Å². The molecule has 1 amide bonds. The van der Waals surface area contributed by atoms with E-state index in [1.165, 1.54) is 10.6 Å². The highest BCUT2D eigenvalue weighted by atomic mass is 16.6. The molecule has 0 aliphatic rings. The second-order valence-corrected chi connectivity index (χ2v) is 4.48. The minimum atomic E-state index is -0.664. The number of nitrogens with one attached hydrogen (secondary N) is 1. The Morgan fingerprint density at radius 1 is 1.42 bits per heavy atom. The number of hydrogen-bond donors (Lipinski definition) is 1. The lowest BCUT2D eigenvalue weighted by Gasteiger charge is -2.09. The number of hydrogen-bond acceptors (Lipinski definition) is 4. The maximum atomic E-state index is 12.2. The quantitative estimate of drug-likeness (QED) is 0.889. The summed E-state index contributed by atoms with van der Waals surface area (Å²) in [5.74, 6) is -0.0926. The molecular weight excluding hydrogens is 246 g/mol. The first-order chi connectivity index (χ1) is 8.99. The van der Waals surface area contributed by atoms with Gasteiger partial charge in [-0.1, -0.05) is 6.07 Å². The molecule has 0 fully saturated rings. The predicted molar refractivity (Wildman–Crippen MR) is 70.5 cm³/mol. The van der Waals surface area contributed by atoms with Crippen LogP contribution in [-0.2, 0) is 0 Å². The van der Waals surface area contributed by atoms with Crippen molar-refractivity contribution in [1.29, 1.82) is 0 Å². The first-order valence-corrected chi connectivity index (χ1v) is 5.95. The van der Waals surface area contributed by atoms with E-state index in [9.17, 15) is 9.59 Å². The fourth-order valence-electron chi connectivity index (χ4n) is 1.69. The first kappa shape index (κ1) is 13.1. The molecule has 0 radical (unpaired) electrons. The molecule has 0 aromatic carbocycles. The van der Waals surface area contributed by atoms with Crippen molar-refractivity contribution in [2.45, 2.75) is 26.8 Å². The minimum Gasteiger partial charge on any atom is -0.403 e. The molecular formula is C13H15N3O3. The Labute approximate surface area is 110 Å². The average Bonchev–Trinajstić information content (AvgIpc) is 2.32. The number of pyridine rings is 1. The zero-order chi connectivity index (χ0) is 14.0. The van der Waals surface area contributed by atoms with E-state index in [0.29, 0.717) is 5.65 Å². The van der Waals surface area contributed by atoms with Gasteiger partial charge in [-0.25, -0.2) is 9.78 Å². The number of aromatic nitrogens is 2. The van der Waals surface area contributed by atoms with E-state index in [2.05, 4.69) is 10.3 Å². The van der Waals surface area contributed by atoms with Gasteiger partial charge in [-0.3, -0.25) is 9.20 Å². The van der Waals surface area contributed by atoms with Gasteiger partial charge in [0.15, 0.2) is 0 Å². The average molecular weight is 261 g/mol. The van der Waals surface area contributed by atoms with Crippen molar-refractivity contribution < 1.29 is 9.53 Å². The van der Waals surface area contributed by atoms with Gasteiger partial charge in [0.25, 0.3) is 0 Å². The number of ether oxygens (including phenoxy) is 1. The third kappa shape index (κ3) is 2.73. The van der Waals surface area contributed by atoms with E-state index in [-0.39, 0.29) is 11.8 Å². The van der Waals surface area contributed by atoms with Crippen LogP contribution in [0.2, 0.25) is 0 Å². The second-order valence-electron chi connectivity index (χ2n) is 4.48. The molecule has 0 atom stereocenters. The summed E-state index contributed by atoms with van der Waals surface area (Å²) in [5.41, 5.74) is 0.841. The third-order valence-electron chi connectivity index (χ3n) is 2.50. The second kappa shape index (κ2) is 5.09. The van der Waals surface area contributed by atoms with Gasteiger partial charge in [0, 0.05) is 11.7 Å². The fourth-order valence-corrected chi connectivity index (χ4v) is 1.69. The van der Waals surface area contributed by atoms with Crippen molar-refractivity contribution in [3.05, 3.63) is 40.4 Å². The van der Waals surface area contributed by atoms with Gasteiger partial charge in [-0.2, -0.15) is 0 Å². The third-order valence-corrected chi connectivity index (χ3v) is 2.50. The van der Waals surface area contributed by atoms with Crippen LogP contribution in [0.4, 0.5) is 4.79 Å². The summed E-state index contributed by atoms with van der Waals surface area (Å²) in [7, 11) is 0. The lowest BCUT2D eigenvalue weighted by atomic mass is 10.3. The lowest BCUT2D eigenvalue weighted by Crippen LogP contribution is -2.34. The van der Waals surface area contributed by atoms with E-state index >= 15 is 0 Å². The Morgan fingerprint density at radius 2 is 2.16 bits per heavy atom. The Hall–Kier alpha value is -2.37. The normalized spacial score (nSPS) is 10.7. The van der Waals surface area contributed by atoms with Crippen LogP contribution >= 0.6 is 0 Å². The first-order valence-electron chi connectivity index (χ1n) is 5.95. The minimum absolute atomic E-state index is 0.0644. The summed E-state index contributed by atoms with van der Waals surface area (Å²) < 4.78 is 6.37. The van der Waals surface area contributed by atoms with Crippen molar-refractivity contribution in [3.63, 3.8) is 0 Å². The van der Waals surface area contributed by atoms with Gasteiger partial charge >= 0.3 is 11.7 Å². The summed E-state index contributed by atoms with van der Waals surface area (Å²) in [6, 6.07) is 5.24. The summed E-state index contributed by atoms with van der Waals surface area (Å²) in [6.07, 6.45) is 0.597. The van der Waals surface area contributed by atoms with Gasteiger partial charge in [0.05, 0.1) is 6.20 Å². The predicted octanol–water partition coefficient (Wildman–Crippen LogP) is 1.50. The molecule has 100 valence electrons. The molecule has 2 aromatic rings. The maximum absolute atomic E-state index is 12.2. The molecule has 2 aromatic heterocycles. The lowest BCUT2D eigenvalue weighted by molar-refractivity contribution is 0.197. The molecule has 0 aliphatic carbocycles. The monoisotopic (exact) mass is 261 g/mol. The standard InChI is InChI=1S/C13H15N3O3/c1-8(2)15-13(18)19-10-7-14-11-6-4-5-9(3)16(11)12(10)17/h4-8H,1-3H3,(H,15,18). The number of aryl methyl sites for hydroxylation is 1. The van der Waals surface area contributed by atoms with E-state index in [1.54, 1.807) is 32.9 Å². The van der Waals surface area contributed by atoms with Crippen LogP contribution in [0.25, 0.3) is 5.65 Å². The van der Waals surface area contributed by atoms with E-state index in [0.717, 1.165) is 5.69 Å². The molecule has 0 bridgehead atoms. The molecule has 0 unspecified atom stereocenters. The number of fused-ring (bicyclic) bond motifs is 1. The Kier molecular flexibility index (Phi) is 3.50. The molecule has 0 aliphatic heterocycles. The highest BCUT2D eigenvalue weighted by Crippen LogP contribution is 2.06. The van der Waals surface area contributed by atoms with Crippen molar-refractivity contribution in [2.75, 3.05) is 0 Å². The summed E-state index contributed by atoms with van der Waals surface area (Å²) in [5, 5.41) is 2.54. The maximum Gasteiger partial charge on any atom is 0.413 e. The zero-order valence-electron chi connectivity index (χ0n) is 11.0. The molecule has 6 heteroatoms. The number of amides is 1. The Morgan fingerprint density at radius 3 is 2.84 bits per heavy atom. The number of nitrogens with zero attached hydrogens (tertiary/aromatic N) is 2. The van der Waals surface area contributed by atoms with Crippen molar-refractivity contribution >= 4 is 11.7 Å². The van der Waals surface area contributed by atoms with Gasteiger partial charge in [-0.15, -0.1) is 0 Å². The largest absolute Gasteiger partial charge is 0.413 e. The van der Waals surface area contributed by atoms with Gasteiger partial charge in [0.2, 0.25) is 5.75 Å². The van der Waals surface area contributed by atoms with Crippen LogP contribution in [0, 0.1) is 6.92 Å². The topological polar surface area (TPSA) is 72.7 Å². The van der Waals surface area contributed by atoms with Crippen LogP contribution in [-0.4, -0.2) is 21.5 Å². The SMILES string of the molecule is Cc1cccc2ncc(OC(=O)NC(C)C)c(=O)n12. The van der Waals surface area contributed by atoms with Gasteiger partial charge < -0.3 is 10.1 Å². The summed E-state index contributed by atoms with van der Waals surface area (Å²) >= 11 is 0. The summed E-state index contributed by atoms with van der Waals surface area (Å²) in [4.78, 5) is 27.8. The van der Waals surface area contributed by atoms with Crippen molar-refractivity contribution in [3.8, 4) is 5.75 Å². The molecule has 0 spiro atoms. The van der Waals surface area contributed by atoms with Gasteiger partial charge in [0.1, 0.15) is 5.65 Å². The van der Waals surface area contributed by atoms with Crippen LogP contribution in [0.5, 0.6) is 5.75 Å². The van der Waals surface area contributed by atoms with Crippen molar-refractivity contribution in [1.82, 2.24) is 14.7 Å². The van der Waals surface area contributed by atoms with Crippen molar-refractivity contribution in [2.24, 2.45) is 0 Å². The molecule has 2 rings (SSSR count). The molecule has 6 nitrogen and oxygen atoms in total. The highest BCUT2D eigenvalue weighted by molar-refractivity contribution is 5.70. The molecule has 1 N–H and O–H groups in total. The Bertz CT molecular complexity index is 676. The van der Waals surface area contributed by atoms with Crippen LogP contribution in [0.15, 0.2) is 29.2 Å². The van der Waals surface area contributed by atoms with E-state index < -0.39 is 11.7 Å². The molecule has 0 saturated carbocycles. The van der Waals surface area contributed by atoms with Crippen LogP contribution in [0.1, 0.15) is 19.5 Å². The van der Waals surface area contributed by atoms with Gasteiger partial charge in [-0.05, 0) is 32.9 Å². The van der Waals surface area contributed by atoms with E-state index in [4.69, 9.17) is 4.74 Å². The Balaban J connectivity index is 2.41. The number of rotatable bonds is 2. The summed E-state index contributed by atoms with van der Waals surface area (Å²) in [6.45, 7) is 5.39. The van der Waals surface area contributed by atoms with Crippen LogP contribution in [0.3, 0.4) is 0 Å². The molecule has 19 heavy (non-hydrogen) atoms. The fraction of sp³-hybridized carbons (Fsp3) is 0.308. The number of carbonyl (C=O) groups excluding carboxylic acids is 1.